The molecule has 1 aliphatic heterocycles. The number of thioether (sulfide) groups is 1. The molecule has 150 valence electrons. The number of nitrogens with zero attached hydrogens (tertiary/aromatic N) is 2. The molecule has 0 saturated carbocycles. The van der Waals surface area contributed by atoms with Gasteiger partial charge in [0, 0.05) is 43.5 Å². The van der Waals surface area contributed by atoms with Crippen LogP contribution >= 0.6 is 11.8 Å². The number of benzene rings is 1. The SMILES string of the molecule is Cn1cc(S(=O)(=O)Nc2ccc(N3CCSCC3)c(C(=O)O)c2)cc1C(N)=O. The first kappa shape index (κ1) is 20.1. The molecule has 1 aliphatic rings. The van der Waals surface area contributed by atoms with Crippen molar-refractivity contribution >= 4 is 45.0 Å². The Morgan fingerprint density at radius 2 is 1.89 bits per heavy atom. The van der Waals surface area contributed by atoms with Crippen LogP contribution in [-0.4, -0.2) is 54.6 Å². The van der Waals surface area contributed by atoms with Crippen LogP contribution in [0.4, 0.5) is 11.4 Å². The highest BCUT2D eigenvalue weighted by atomic mass is 32.2. The predicted molar refractivity (Wildman–Crippen MR) is 108 cm³/mol. The summed E-state index contributed by atoms with van der Waals surface area (Å²) in [5.41, 5.74) is 5.97. The van der Waals surface area contributed by atoms with Gasteiger partial charge >= 0.3 is 5.97 Å². The van der Waals surface area contributed by atoms with Crippen molar-refractivity contribution in [2.24, 2.45) is 12.8 Å². The first-order valence-corrected chi connectivity index (χ1v) is 11.0. The van der Waals surface area contributed by atoms with E-state index in [-0.39, 0.29) is 21.8 Å². The maximum Gasteiger partial charge on any atom is 0.337 e. The zero-order valence-corrected chi connectivity index (χ0v) is 16.7. The minimum atomic E-state index is -4.02. The Kier molecular flexibility index (Phi) is 5.57. The average molecular weight is 425 g/mol. The molecule has 3 rings (SSSR count). The Labute approximate surface area is 166 Å². The van der Waals surface area contributed by atoms with Crippen LogP contribution in [0.1, 0.15) is 20.8 Å². The number of aryl methyl sites for hydroxylation is 1. The Balaban J connectivity index is 1.91. The molecular weight excluding hydrogens is 404 g/mol. The number of hydrogen-bond donors (Lipinski definition) is 3. The van der Waals surface area contributed by atoms with Gasteiger partial charge in [-0.25, -0.2) is 13.2 Å². The quantitative estimate of drug-likeness (QED) is 0.634. The van der Waals surface area contributed by atoms with E-state index in [2.05, 4.69) is 4.72 Å². The molecule has 0 spiro atoms. The summed E-state index contributed by atoms with van der Waals surface area (Å²) in [5, 5.41) is 9.57. The summed E-state index contributed by atoms with van der Waals surface area (Å²) in [7, 11) is -2.51. The largest absolute Gasteiger partial charge is 0.478 e. The monoisotopic (exact) mass is 424 g/mol. The molecule has 9 nitrogen and oxygen atoms in total. The van der Waals surface area contributed by atoms with E-state index in [1.807, 2.05) is 4.90 Å². The summed E-state index contributed by atoms with van der Waals surface area (Å²) in [4.78, 5) is 24.9. The van der Waals surface area contributed by atoms with Gasteiger partial charge in [0.25, 0.3) is 15.9 Å². The summed E-state index contributed by atoms with van der Waals surface area (Å²) < 4.78 is 28.9. The highest BCUT2D eigenvalue weighted by Crippen LogP contribution is 2.28. The number of primary amides is 1. The topological polar surface area (TPSA) is 135 Å². The third-order valence-corrected chi connectivity index (χ3v) is 6.66. The zero-order valence-electron chi connectivity index (χ0n) is 15.1. The van der Waals surface area contributed by atoms with E-state index in [1.54, 1.807) is 17.8 Å². The van der Waals surface area contributed by atoms with E-state index in [0.717, 1.165) is 24.6 Å². The number of rotatable bonds is 6. The Morgan fingerprint density at radius 1 is 1.21 bits per heavy atom. The third-order valence-electron chi connectivity index (χ3n) is 4.37. The minimum absolute atomic E-state index is 0.0259. The third kappa shape index (κ3) is 4.09. The molecule has 2 aromatic rings. The minimum Gasteiger partial charge on any atom is -0.478 e. The van der Waals surface area contributed by atoms with E-state index in [9.17, 15) is 23.1 Å². The number of carboxylic acids is 1. The lowest BCUT2D eigenvalue weighted by atomic mass is 10.1. The second kappa shape index (κ2) is 7.76. The van der Waals surface area contributed by atoms with E-state index in [0.29, 0.717) is 5.69 Å². The van der Waals surface area contributed by atoms with Gasteiger partial charge in [-0.15, -0.1) is 0 Å². The molecule has 1 fully saturated rings. The van der Waals surface area contributed by atoms with Crippen molar-refractivity contribution in [1.29, 1.82) is 0 Å². The Morgan fingerprint density at radius 3 is 2.46 bits per heavy atom. The molecule has 0 radical (unpaired) electrons. The fourth-order valence-corrected chi connectivity index (χ4v) is 5.01. The molecule has 1 amide bonds. The molecular formula is C17H20N4O5S2. The normalized spacial score (nSPS) is 14.7. The van der Waals surface area contributed by atoms with Gasteiger partial charge in [0.05, 0.1) is 11.3 Å². The molecule has 1 aromatic heterocycles. The fourth-order valence-electron chi connectivity index (χ4n) is 2.99. The number of nitrogens with one attached hydrogen (secondary N) is 1. The van der Waals surface area contributed by atoms with Gasteiger partial charge in [0.15, 0.2) is 0 Å². The highest BCUT2D eigenvalue weighted by Gasteiger charge is 2.22. The summed E-state index contributed by atoms with van der Waals surface area (Å²) in [6.45, 7) is 1.46. The lowest BCUT2D eigenvalue weighted by molar-refractivity contribution is 0.0697. The van der Waals surface area contributed by atoms with Gasteiger partial charge < -0.3 is 20.3 Å². The van der Waals surface area contributed by atoms with E-state index < -0.39 is 21.9 Å². The van der Waals surface area contributed by atoms with Crippen molar-refractivity contribution in [3.63, 3.8) is 0 Å². The molecule has 0 bridgehead atoms. The van der Waals surface area contributed by atoms with Crippen LogP contribution in [0.5, 0.6) is 0 Å². The number of sulfonamides is 1. The van der Waals surface area contributed by atoms with Gasteiger partial charge in [0.1, 0.15) is 10.6 Å². The summed E-state index contributed by atoms with van der Waals surface area (Å²) in [6.07, 6.45) is 1.26. The molecule has 0 unspecified atom stereocenters. The van der Waals surface area contributed by atoms with Crippen LogP contribution in [0.2, 0.25) is 0 Å². The lowest BCUT2D eigenvalue weighted by Gasteiger charge is -2.29. The van der Waals surface area contributed by atoms with E-state index >= 15 is 0 Å². The van der Waals surface area contributed by atoms with Crippen LogP contribution in [0.3, 0.4) is 0 Å². The number of carboxylic acid groups (broad SMARTS) is 1. The molecule has 0 aliphatic carbocycles. The molecule has 0 atom stereocenters. The summed E-state index contributed by atoms with van der Waals surface area (Å²) in [5.74, 6) is -0.0704. The van der Waals surface area contributed by atoms with Gasteiger partial charge in [0.2, 0.25) is 0 Å². The number of aromatic nitrogens is 1. The molecule has 1 saturated heterocycles. The van der Waals surface area contributed by atoms with Gasteiger partial charge in [-0.05, 0) is 24.3 Å². The molecule has 1 aromatic carbocycles. The lowest BCUT2D eigenvalue weighted by Crippen LogP contribution is -2.33. The van der Waals surface area contributed by atoms with Crippen LogP contribution < -0.4 is 15.4 Å². The van der Waals surface area contributed by atoms with Crippen molar-refractivity contribution in [3.8, 4) is 0 Å². The van der Waals surface area contributed by atoms with Gasteiger partial charge in [-0.2, -0.15) is 11.8 Å². The number of anilines is 2. The van der Waals surface area contributed by atoms with Crippen LogP contribution in [0.25, 0.3) is 0 Å². The number of hydrogen-bond acceptors (Lipinski definition) is 6. The molecule has 28 heavy (non-hydrogen) atoms. The number of carbonyl (C=O) groups excluding carboxylic acids is 1. The van der Waals surface area contributed by atoms with Gasteiger partial charge in [-0.1, -0.05) is 0 Å². The number of aromatic carboxylic acids is 1. The molecule has 11 heteroatoms. The van der Waals surface area contributed by atoms with E-state index in [1.165, 1.54) is 36.0 Å². The van der Waals surface area contributed by atoms with Crippen LogP contribution in [-0.2, 0) is 17.1 Å². The van der Waals surface area contributed by atoms with Crippen molar-refractivity contribution in [3.05, 3.63) is 41.7 Å². The molecule has 2 heterocycles. The van der Waals surface area contributed by atoms with Gasteiger partial charge in [-0.3, -0.25) is 9.52 Å². The molecule has 4 N–H and O–H groups in total. The number of amides is 1. The van der Waals surface area contributed by atoms with Crippen LogP contribution in [0, 0.1) is 0 Å². The van der Waals surface area contributed by atoms with Crippen molar-refractivity contribution in [2.45, 2.75) is 4.90 Å². The van der Waals surface area contributed by atoms with Crippen molar-refractivity contribution in [1.82, 2.24) is 4.57 Å². The second-order valence-corrected chi connectivity index (χ2v) is 9.19. The van der Waals surface area contributed by atoms with Crippen molar-refractivity contribution in [2.75, 3.05) is 34.2 Å². The Bertz CT molecular complexity index is 1030. The first-order valence-electron chi connectivity index (χ1n) is 8.38. The summed E-state index contributed by atoms with van der Waals surface area (Å²) >= 11 is 1.81. The zero-order chi connectivity index (χ0) is 20.5. The number of carbonyl (C=O) groups is 2. The number of nitrogens with two attached hydrogens (primary N) is 1. The van der Waals surface area contributed by atoms with E-state index in [4.69, 9.17) is 5.73 Å². The predicted octanol–water partition coefficient (Wildman–Crippen LogP) is 1.18. The summed E-state index contributed by atoms with van der Waals surface area (Å²) in [6, 6.07) is 5.60. The van der Waals surface area contributed by atoms with Crippen molar-refractivity contribution < 1.29 is 23.1 Å². The fraction of sp³-hybridized carbons (Fsp3) is 0.294. The Hall–Kier alpha value is -2.66. The first-order chi connectivity index (χ1) is 13.2. The maximum absolute atomic E-state index is 12.6. The maximum atomic E-state index is 12.6. The second-order valence-electron chi connectivity index (χ2n) is 6.28. The highest BCUT2D eigenvalue weighted by molar-refractivity contribution is 7.99. The smallest absolute Gasteiger partial charge is 0.337 e. The van der Waals surface area contributed by atoms with Crippen LogP contribution in [0.15, 0.2) is 35.4 Å². The average Bonchev–Trinajstić information content (AvgIpc) is 3.05. The standard InChI is InChI=1S/C17H20N4O5S2/c1-20-10-12(9-15(20)16(18)22)28(25,26)19-11-2-3-14(13(8-11)17(23)24)21-4-6-27-7-5-21/h2-3,8-10,19H,4-7H2,1H3,(H2,18,22)(H,23,24).